The quantitative estimate of drug-likeness (QED) is 0.549. The maximum atomic E-state index is 6.14. The second-order valence-electron chi connectivity index (χ2n) is 3.47. The Bertz CT molecular complexity index is 233. The summed E-state index contributed by atoms with van der Waals surface area (Å²) in [6.07, 6.45) is 6.76. The van der Waals surface area contributed by atoms with E-state index in [0.29, 0.717) is 0 Å². The highest BCUT2D eigenvalue weighted by Gasteiger charge is 2.21. The van der Waals surface area contributed by atoms with Crippen molar-refractivity contribution in [2.75, 3.05) is 0 Å². The van der Waals surface area contributed by atoms with Crippen LogP contribution in [0.1, 0.15) is 38.5 Å². The fraction of sp³-hybridized carbons (Fsp3) is 0.600. The van der Waals surface area contributed by atoms with Crippen molar-refractivity contribution in [2.45, 2.75) is 38.5 Å². The van der Waals surface area contributed by atoms with E-state index in [0.717, 1.165) is 35.7 Å². The lowest BCUT2D eigenvalue weighted by Gasteiger charge is -2.25. The van der Waals surface area contributed by atoms with E-state index in [2.05, 4.69) is 0 Å². The highest BCUT2D eigenvalue weighted by molar-refractivity contribution is 6.32. The summed E-state index contributed by atoms with van der Waals surface area (Å²) in [6.45, 7) is 0. The molecular formula is C10H12Cl2. The molecule has 2 rings (SSSR count). The molecule has 12 heavy (non-hydrogen) atoms. The molecule has 0 aromatic heterocycles. The molecule has 0 fully saturated rings. The highest BCUT2D eigenvalue weighted by atomic mass is 35.5. The highest BCUT2D eigenvalue weighted by Crippen LogP contribution is 2.41. The summed E-state index contributed by atoms with van der Waals surface area (Å²) in [4.78, 5) is 0. The molecule has 2 aliphatic rings. The zero-order valence-electron chi connectivity index (χ0n) is 7.00. The van der Waals surface area contributed by atoms with Crippen LogP contribution in [0.25, 0.3) is 0 Å². The van der Waals surface area contributed by atoms with Crippen LogP contribution in [-0.2, 0) is 0 Å². The number of halogens is 2. The molecule has 0 unspecified atom stereocenters. The predicted molar refractivity (Wildman–Crippen MR) is 53.5 cm³/mol. The zero-order chi connectivity index (χ0) is 8.55. The van der Waals surface area contributed by atoms with Crippen molar-refractivity contribution in [1.29, 1.82) is 0 Å². The van der Waals surface area contributed by atoms with Gasteiger partial charge < -0.3 is 0 Å². The van der Waals surface area contributed by atoms with Crippen molar-refractivity contribution in [3.63, 3.8) is 0 Å². The van der Waals surface area contributed by atoms with E-state index in [-0.39, 0.29) is 0 Å². The topological polar surface area (TPSA) is 0 Å². The number of fused-ring (bicyclic) bond motifs is 1. The molecule has 2 aliphatic carbocycles. The van der Waals surface area contributed by atoms with Gasteiger partial charge in [0.2, 0.25) is 0 Å². The fourth-order valence-corrected chi connectivity index (χ4v) is 2.73. The zero-order valence-corrected chi connectivity index (χ0v) is 8.51. The van der Waals surface area contributed by atoms with Crippen molar-refractivity contribution in [3.8, 4) is 0 Å². The van der Waals surface area contributed by atoms with E-state index in [1.54, 1.807) is 0 Å². The predicted octanol–water partition coefficient (Wildman–Crippen LogP) is 4.34. The largest absolute Gasteiger partial charge is 0.0888 e. The summed E-state index contributed by atoms with van der Waals surface area (Å²) in [6, 6.07) is 0. The van der Waals surface area contributed by atoms with Crippen molar-refractivity contribution in [2.24, 2.45) is 0 Å². The van der Waals surface area contributed by atoms with Crippen LogP contribution >= 0.6 is 23.2 Å². The summed E-state index contributed by atoms with van der Waals surface area (Å²) in [5.41, 5.74) is 2.72. The average Bonchev–Trinajstić information content (AvgIpc) is 2.07. The van der Waals surface area contributed by atoms with Crippen LogP contribution in [-0.4, -0.2) is 0 Å². The van der Waals surface area contributed by atoms with Gasteiger partial charge >= 0.3 is 0 Å². The number of hydrogen-bond acceptors (Lipinski definition) is 0. The molecule has 0 aromatic carbocycles. The minimum atomic E-state index is 1.06. The molecule has 0 radical (unpaired) electrons. The van der Waals surface area contributed by atoms with Crippen LogP contribution in [0.4, 0.5) is 0 Å². The first kappa shape index (κ1) is 8.65. The average molecular weight is 203 g/mol. The third-order valence-electron chi connectivity index (χ3n) is 2.67. The molecule has 0 aliphatic heterocycles. The molecule has 0 aromatic rings. The molecule has 0 amide bonds. The summed E-state index contributed by atoms with van der Waals surface area (Å²) in [5, 5.41) is 2.13. The van der Waals surface area contributed by atoms with E-state index in [1.807, 2.05) is 0 Å². The minimum Gasteiger partial charge on any atom is -0.0888 e. The van der Waals surface area contributed by atoms with Crippen molar-refractivity contribution in [3.05, 3.63) is 21.2 Å². The fourth-order valence-electron chi connectivity index (χ4n) is 2.04. The van der Waals surface area contributed by atoms with Crippen molar-refractivity contribution < 1.29 is 0 Å². The standard InChI is InChI=1S/C10H12Cl2/c11-9-5-1-3-7-8(9)4-2-6-10(7)12/h1-6H2. The summed E-state index contributed by atoms with van der Waals surface area (Å²) in [7, 11) is 0. The summed E-state index contributed by atoms with van der Waals surface area (Å²) >= 11 is 12.3. The van der Waals surface area contributed by atoms with Gasteiger partial charge in [0, 0.05) is 10.1 Å². The minimum absolute atomic E-state index is 1.06. The van der Waals surface area contributed by atoms with Crippen LogP contribution < -0.4 is 0 Å². The Balaban J connectivity index is 2.43. The molecule has 0 atom stereocenters. The van der Waals surface area contributed by atoms with E-state index in [9.17, 15) is 0 Å². The Hall–Kier alpha value is 0.0600. The Morgan fingerprint density at radius 1 is 0.667 bits per heavy atom. The molecular weight excluding hydrogens is 191 g/mol. The Morgan fingerprint density at radius 3 is 1.50 bits per heavy atom. The molecule has 0 nitrogen and oxygen atoms in total. The second-order valence-corrected chi connectivity index (χ2v) is 4.39. The van der Waals surface area contributed by atoms with E-state index in [4.69, 9.17) is 23.2 Å². The maximum absolute atomic E-state index is 6.14. The number of rotatable bonds is 0. The SMILES string of the molecule is ClC1=C2CCCC(Cl)=C2CCC1. The second kappa shape index (κ2) is 3.43. The Morgan fingerprint density at radius 2 is 1.08 bits per heavy atom. The molecule has 0 saturated heterocycles. The van der Waals surface area contributed by atoms with Gasteiger partial charge in [-0.2, -0.15) is 0 Å². The molecule has 2 heteroatoms. The van der Waals surface area contributed by atoms with Crippen molar-refractivity contribution in [1.82, 2.24) is 0 Å². The van der Waals surface area contributed by atoms with Gasteiger partial charge in [0.1, 0.15) is 0 Å². The number of allylic oxidation sites excluding steroid dienone is 4. The van der Waals surface area contributed by atoms with Gasteiger partial charge in [0.05, 0.1) is 0 Å². The lowest BCUT2D eigenvalue weighted by atomic mass is 9.85. The first-order chi connectivity index (χ1) is 5.79. The lowest BCUT2D eigenvalue weighted by molar-refractivity contribution is 0.701. The third kappa shape index (κ3) is 1.43. The van der Waals surface area contributed by atoms with Gasteiger partial charge in [-0.15, -0.1) is 0 Å². The van der Waals surface area contributed by atoms with Gasteiger partial charge in [-0.3, -0.25) is 0 Å². The lowest BCUT2D eigenvalue weighted by Crippen LogP contribution is -2.06. The van der Waals surface area contributed by atoms with Crippen LogP contribution in [0.15, 0.2) is 21.2 Å². The Labute approximate surface area is 83.2 Å². The van der Waals surface area contributed by atoms with E-state index < -0.39 is 0 Å². The molecule has 0 bridgehead atoms. The van der Waals surface area contributed by atoms with Crippen LogP contribution in [0, 0.1) is 0 Å². The summed E-state index contributed by atoms with van der Waals surface area (Å²) in [5.74, 6) is 0. The van der Waals surface area contributed by atoms with Crippen LogP contribution in [0.2, 0.25) is 0 Å². The third-order valence-corrected chi connectivity index (χ3v) is 3.50. The monoisotopic (exact) mass is 202 g/mol. The Kier molecular flexibility index (Phi) is 2.47. The normalized spacial score (nSPS) is 24.5. The van der Waals surface area contributed by atoms with E-state index >= 15 is 0 Å². The summed E-state index contributed by atoms with van der Waals surface area (Å²) < 4.78 is 0. The van der Waals surface area contributed by atoms with Crippen molar-refractivity contribution >= 4 is 23.2 Å². The van der Waals surface area contributed by atoms with Gasteiger partial charge in [-0.05, 0) is 49.7 Å². The molecule has 0 N–H and O–H groups in total. The van der Waals surface area contributed by atoms with Crippen LogP contribution in [0.3, 0.4) is 0 Å². The number of hydrogen-bond donors (Lipinski definition) is 0. The van der Waals surface area contributed by atoms with Gasteiger partial charge in [-0.1, -0.05) is 23.2 Å². The first-order valence-corrected chi connectivity index (χ1v) is 5.30. The molecule has 0 spiro atoms. The van der Waals surface area contributed by atoms with Gasteiger partial charge in [-0.25, -0.2) is 0 Å². The molecule has 66 valence electrons. The smallest absolute Gasteiger partial charge is 0.0216 e. The molecule has 0 saturated carbocycles. The van der Waals surface area contributed by atoms with Crippen LogP contribution in [0.5, 0.6) is 0 Å². The van der Waals surface area contributed by atoms with Gasteiger partial charge in [0.25, 0.3) is 0 Å². The maximum Gasteiger partial charge on any atom is 0.0216 e. The van der Waals surface area contributed by atoms with Gasteiger partial charge in [0.15, 0.2) is 0 Å². The first-order valence-electron chi connectivity index (χ1n) is 4.54. The van der Waals surface area contributed by atoms with E-state index in [1.165, 1.54) is 24.0 Å². The molecule has 0 heterocycles.